The maximum Gasteiger partial charge on any atom is 0.269 e. The van der Waals surface area contributed by atoms with Crippen LogP contribution in [0.2, 0.25) is 0 Å². The van der Waals surface area contributed by atoms with Crippen molar-refractivity contribution in [1.29, 1.82) is 0 Å². The number of nitrogens with one attached hydrogen (secondary N) is 1. The molecule has 0 atom stereocenters. The lowest BCUT2D eigenvalue weighted by Crippen LogP contribution is -2.15. The van der Waals surface area contributed by atoms with Crippen molar-refractivity contribution in [3.8, 4) is 0 Å². The number of non-ortho nitro benzene ring substituents is 1. The quantitative estimate of drug-likeness (QED) is 0.510. The lowest BCUT2D eigenvalue weighted by Gasteiger charge is -2.08. The zero-order valence-electron chi connectivity index (χ0n) is 12.0. The van der Waals surface area contributed by atoms with Crippen molar-refractivity contribution in [2.24, 2.45) is 0 Å². The molecule has 0 aliphatic rings. The summed E-state index contributed by atoms with van der Waals surface area (Å²) >= 11 is 0.935. The minimum atomic E-state index is -0.727. The number of hydrogen-bond acceptors (Lipinski definition) is 4. The summed E-state index contributed by atoms with van der Waals surface area (Å²) in [5, 5.41) is 13.3. The zero-order valence-corrected chi connectivity index (χ0v) is 12.8. The Kier molecular flexibility index (Phi) is 5.28. The molecule has 0 heterocycles. The average Bonchev–Trinajstić information content (AvgIpc) is 2.48. The summed E-state index contributed by atoms with van der Waals surface area (Å²) in [6, 6.07) is 7.20. The molecular formula is C15H12F2N2O3S. The second kappa shape index (κ2) is 7.19. The molecule has 1 N–H and O–H groups in total. The first-order valence-corrected chi connectivity index (χ1v) is 7.48. The summed E-state index contributed by atoms with van der Waals surface area (Å²) in [5.41, 5.74) is 0.926. The topological polar surface area (TPSA) is 72.2 Å². The number of carbonyl (C=O) groups excluding carboxylic acids is 1. The van der Waals surface area contributed by atoms with E-state index in [1.165, 1.54) is 24.3 Å². The molecule has 0 radical (unpaired) electrons. The first-order chi connectivity index (χ1) is 10.9. The van der Waals surface area contributed by atoms with E-state index in [0.717, 1.165) is 23.9 Å². The molecule has 0 aliphatic heterocycles. The molecule has 2 rings (SSSR count). The lowest BCUT2D eigenvalue weighted by molar-refractivity contribution is -0.384. The number of rotatable bonds is 5. The van der Waals surface area contributed by atoms with Crippen LogP contribution in [0.5, 0.6) is 0 Å². The number of aryl methyl sites for hydroxylation is 1. The van der Waals surface area contributed by atoms with Crippen LogP contribution in [-0.2, 0) is 4.79 Å². The fraction of sp³-hybridized carbons (Fsp3) is 0.133. The minimum absolute atomic E-state index is 0.0664. The fourth-order valence-electron chi connectivity index (χ4n) is 1.82. The summed E-state index contributed by atoms with van der Waals surface area (Å²) in [6.07, 6.45) is 0. The van der Waals surface area contributed by atoms with Crippen LogP contribution in [0.1, 0.15) is 5.56 Å². The van der Waals surface area contributed by atoms with Crippen molar-refractivity contribution in [2.75, 3.05) is 11.1 Å². The third-order valence-electron chi connectivity index (χ3n) is 2.95. The van der Waals surface area contributed by atoms with Crippen LogP contribution in [0.3, 0.4) is 0 Å². The molecule has 2 aromatic rings. The Balaban J connectivity index is 1.98. The second-order valence-electron chi connectivity index (χ2n) is 4.67. The average molecular weight is 338 g/mol. The highest BCUT2D eigenvalue weighted by molar-refractivity contribution is 8.00. The predicted molar refractivity (Wildman–Crippen MR) is 83.5 cm³/mol. The Labute approximate surface area is 134 Å². The summed E-state index contributed by atoms with van der Waals surface area (Å²) < 4.78 is 26.2. The van der Waals surface area contributed by atoms with Gasteiger partial charge in [0.05, 0.1) is 10.7 Å². The van der Waals surface area contributed by atoms with Crippen molar-refractivity contribution in [1.82, 2.24) is 0 Å². The van der Waals surface area contributed by atoms with Gasteiger partial charge in [-0.3, -0.25) is 14.9 Å². The van der Waals surface area contributed by atoms with Crippen LogP contribution < -0.4 is 5.32 Å². The molecular weight excluding hydrogens is 326 g/mol. The highest BCUT2D eigenvalue weighted by atomic mass is 32.2. The van der Waals surface area contributed by atoms with Gasteiger partial charge in [0.2, 0.25) is 5.91 Å². The molecule has 1 amide bonds. The number of hydrogen-bond donors (Lipinski definition) is 1. The molecule has 0 bridgehead atoms. The molecule has 0 aliphatic carbocycles. The summed E-state index contributed by atoms with van der Waals surface area (Å²) in [7, 11) is 0. The molecule has 0 saturated heterocycles. The maximum absolute atomic E-state index is 13.5. The number of nitro groups is 1. The number of thioether (sulfide) groups is 1. The summed E-state index contributed by atoms with van der Waals surface area (Å²) in [4.78, 5) is 22.2. The Morgan fingerprint density at radius 1 is 1.26 bits per heavy atom. The van der Waals surface area contributed by atoms with E-state index in [-0.39, 0.29) is 16.3 Å². The molecule has 120 valence electrons. The smallest absolute Gasteiger partial charge is 0.269 e. The number of benzene rings is 2. The van der Waals surface area contributed by atoms with Crippen molar-refractivity contribution in [3.05, 3.63) is 63.7 Å². The highest BCUT2D eigenvalue weighted by Gasteiger charge is 2.12. The number of carbonyl (C=O) groups is 1. The van der Waals surface area contributed by atoms with E-state index in [1.54, 1.807) is 6.92 Å². The van der Waals surface area contributed by atoms with E-state index >= 15 is 0 Å². The number of nitro benzene ring substituents is 1. The fourth-order valence-corrected chi connectivity index (χ4v) is 2.54. The van der Waals surface area contributed by atoms with E-state index in [9.17, 15) is 23.7 Å². The first-order valence-electron chi connectivity index (χ1n) is 6.49. The van der Waals surface area contributed by atoms with Gasteiger partial charge in [-0.25, -0.2) is 8.78 Å². The van der Waals surface area contributed by atoms with Gasteiger partial charge in [0.25, 0.3) is 5.69 Å². The van der Waals surface area contributed by atoms with E-state index in [4.69, 9.17) is 0 Å². The van der Waals surface area contributed by atoms with Crippen LogP contribution in [0, 0.1) is 28.7 Å². The molecule has 5 nitrogen and oxygen atoms in total. The molecule has 0 aromatic heterocycles. The van der Waals surface area contributed by atoms with Crippen LogP contribution in [0.15, 0.2) is 41.3 Å². The number of halogens is 2. The largest absolute Gasteiger partial charge is 0.325 e. The Bertz CT molecular complexity index is 768. The van der Waals surface area contributed by atoms with Crippen molar-refractivity contribution in [2.45, 2.75) is 11.8 Å². The third-order valence-corrected chi connectivity index (χ3v) is 4.00. The zero-order chi connectivity index (χ0) is 17.0. The number of nitrogens with zero attached hydrogens (tertiary/aromatic N) is 1. The molecule has 0 unspecified atom stereocenters. The van der Waals surface area contributed by atoms with Crippen LogP contribution >= 0.6 is 11.8 Å². The van der Waals surface area contributed by atoms with E-state index < -0.39 is 22.5 Å². The van der Waals surface area contributed by atoms with Gasteiger partial charge in [0.15, 0.2) is 0 Å². The molecule has 8 heteroatoms. The third kappa shape index (κ3) is 4.49. The van der Waals surface area contributed by atoms with E-state index in [1.807, 2.05) is 0 Å². The molecule has 23 heavy (non-hydrogen) atoms. The van der Waals surface area contributed by atoms with Gasteiger partial charge < -0.3 is 5.32 Å². The van der Waals surface area contributed by atoms with Gasteiger partial charge in [-0.2, -0.15) is 0 Å². The van der Waals surface area contributed by atoms with E-state index in [2.05, 4.69) is 5.32 Å². The first kappa shape index (κ1) is 16.9. The van der Waals surface area contributed by atoms with Crippen molar-refractivity contribution < 1.29 is 18.5 Å². The maximum atomic E-state index is 13.5. The van der Waals surface area contributed by atoms with Gasteiger partial charge in [-0.05, 0) is 30.7 Å². The standard InChI is InChI=1S/C15H12F2N2O3S/c1-9-6-11(19(21)22)3-4-13(9)18-15(20)8-23-14-5-2-10(16)7-12(14)17/h2-7H,8H2,1H3,(H,18,20). The molecule has 2 aromatic carbocycles. The number of anilines is 1. The van der Waals surface area contributed by atoms with Gasteiger partial charge >= 0.3 is 0 Å². The monoisotopic (exact) mass is 338 g/mol. The van der Waals surface area contributed by atoms with Gasteiger partial charge in [0.1, 0.15) is 11.6 Å². The normalized spacial score (nSPS) is 10.4. The number of amides is 1. The second-order valence-corrected chi connectivity index (χ2v) is 5.69. The Hall–Kier alpha value is -2.48. The van der Waals surface area contributed by atoms with Gasteiger partial charge in [-0.1, -0.05) is 0 Å². The summed E-state index contributed by atoms with van der Waals surface area (Å²) in [5.74, 6) is -1.87. The van der Waals surface area contributed by atoms with Crippen LogP contribution in [0.4, 0.5) is 20.2 Å². The summed E-state index contributed by atoms with van der Waals surface area (Å²) in [6.45, 7) is 1.63. The minimum Gasteiger partial charge on any atom is -0.325 e. The van der Waals surface area contributed by atoms with E-state index in [0.29, 0.717) is 11.3 Å². The van der Waals surface area contributed by atoms with Crippen molar-refractivity contribution >= 4 is 29.0 Å². The lowest BCUT2D eigenvalue weighted by atomic mass is 10.2. The predicted octanol–water partition coefficient (Wildman–Crippen LogP) is 3.91. The molecule has 0 spiro atoms. The van der Waals surface area contributed by atoms with Crippen LogP contribution in [-0.4, -0.2) is 16.6 Å². The molecule has 0 fully saturated rings. The Morgan fingerprint density at radius 2 is 2.00 bits per heavy atom. The highest BCUT2D eigenvalue weighted by Crippen LogP contribution is 2.24. The van der Waals surface area contributed by atoms with Gasteiger partial charge in [0, 0.05) is 28.8 Å². The van der Waals surface area contributed by atoms with Gasteiger partial charge in [-0.15, -0.1) is 11.8 Å². The Morgan fingerprint density at radius 3 is 2.61 bits per heavy atom. The molecule has 0 saturated carbocycles. The SMILES string of the molecule is Cc1cc([N+](=O)[O-])ccc1NC(=O)CSc1ccc(F)cc1F. The van der Waals surface area contributed by atoms with Crippen molar-refractivity contribution in [3.63, 3.8) is 0 Å². The van der Waals surface area contributed by atoms with Crippen LogP contribution in [0.25, 0.3) is 0 Å².